The lowest BCUT2D eigenvalue weighted by Gasteiger charge is -2.17. The van der Waals surface area contributed by atoms with Crippen LogP contribution in [0.5, 0.6) is 0 Å². The summed E-state index contributed by atoms with van der Waals surface area (Å²) in [4.78, 5) is 17.8. The average Bonchev–Trinajstić information content (AvgIpc) is 2.81. The van der Waals surface area contributed by atoms with Crippen molar-refractivity contribution in [2.75, 3.05) is 13.6 Å². The van der Waals surface area contributed by atoms with Crippen molar-refractivity contribution in [1.82, 2.24) is 14.5 Å². The Labute approximate surface area is 126 Å². The molecule has 2 rings (SSSR count). The second-order valence-corrected chi connectivity index (χ2v) is 5.46. The largest absolute Gasteiger partial charge is 0.344 e. The highest BCUT2D eigenvalue weighted by atomic mass is 35.5. The first kappa shape index (κ1) is 15.7. The van der Waals surface area contributed by atoms with Gasteiger partial charge in [0, 0.05) is 13.6 Å². The second-order valence-electron chi connectivity index (χ2n) is 4.81. The zero-order chi connectivity index (χ0) is 15.7. The smallest absolute Gasteiger partial charge is 0.242 e. The highest BCUT2D eigenvalue weighted by Gasteiger charge is 2.22. The Kier molecular flexibility index (Phi) is 4.46. The summed E-state index contributed by atoms with van der Waals surface area (Å²) in [5.41, 5.74) is 0.249. The molecule has 0 radical (unpaired) electrons. The van der Waals surface area contributed by atoms with Gasteiger partial charge in [0.1, 0.15) is 17.9 Å². The van der Waals surface area contributed by atoms with Gasteiger partial charge in [-0.25, -0.2) is 13.8 Å². The third-order valence-electron chi connectivity index (χ3n) is 3.38. The normalized spacial score (nSPS) is 12.7. The molecule has 0 fully saturated rings. The van der Waals surface area contributed by atoms with Crippen molar-refractivity contribution in [2.45, 2.75) is 25.8 Å². The highest BCUT2D eigenvalue weighted by Crippen LogP contribution is 2.27. The van der Waals surface area contributed by atoms with Gasteiger partial charge in [-0.1, -0.05) is 0 Å². The van der Waals surface area contributed by atoms with E-state index in [2.05, 4.69) is 4.98 Å². The van der Waals surface area contributed by atoms with Gasteiger partial charge in [-0.3, -0.25) is 4.79 Å². The molecule has 7 heteroatoms. The van der Waals surface area contributed by atoms with Crippen molar-refractivity contribution in [1.29, 1.82) is 0 Å². The number of fused-ring (bicyclic) bond motifs is 1. The van der Waals surface area contributed by atoms with Crippen molar-refractivity contribution < 1.29 is 13.6 Å². The molecule has 0 aliphatic carbocycles. The Hall–Kier alpha value is -1.69. The van der Waals surface area contributed by atoms with E-state index in [1.807, 2.05) is 6.92 Å². The molecular formula is C14H16ClF2N3O. The predicted octanol–water partition coefficient (Wildman–Crippen LogP) is 3.09. The average molecular weight is 316 g/mol. The van der Waals surface area contributed by atoms with Crippen molar-refractivity contribution in [3.05, 3.63) is 29.6 Å². The minimum atomic E-state index is -1.02. The first-order valence-corrected chi connectivity index (χ1v) is 7.02. The van der Waals surface area contributed by atoms with E-state index in [1.54, 1.807) is 14.0 Å². The summed E-state index contributed by atoms with van der Waals surface area (Å²) in [7, 11) is 1.64. The topological polar surface area (TPSA) is 38.1 Å². The van der Waals surface area contributed by atoms with Crippen molar-refractivity contribution in [3.8, 4) is 0 Å². The molecule has 1 atom stereocenters. The number of nitrogens with zero attached hydrogens (tertiary/aromatic N) is 3. The predicted molar refractivity (Wildman–Crippen MR) is 77.2 cm³/mol. The number of imidazole rings is 1. The molecule has 0 saturated heterocycles. The van der Waals surface area contributed by atoms with E-state index in [-0.39, 0.29) is 23.5 Å². The summed E-state index contributed by atoms with van der Waals surface area (Å²) < 4.78 is 28.9. The SMILES string of the molecule is CCN(C)C(=O)Cn1c(C(C)Cl)nc2ccc(F)c(F)c21. The van der Waals surface area contributed by atoms with Gasteiger partial charge < -0.3 is 9.47 Å². The van der Waals surface area contributed by atoms with Crippen LogP contribution in [0.2, 0.25) is 0 Å². The van der Waals surface area contributed by atoms with Crippen LogP contribution in [0, 0.1) is 11.6 Å². The number of carbonyl (C=O) groups is 1. The van der Waals surface area contributed by atoms with Gasteiger partial charge >= 0.3 is 0 Å². The number of likely N-dealkylation sites (N-methyl/N-ethyl adjacent to an activating group) is 1. The van der Waals surface area contributed by atoms with Crippen molar-refractivity contribution in [2.24, 2.45) is 0 Å². The third kappa shape index (κ3) is 2.85. The summed E-state index contributed by atoms with van der Waals surface area (Å²) in [6.07, 6.45) is 0. The van der Waals surface area contributed by atoms with Crippen LogP contribution in [-0.2, 0) is 11.3 Å². The number of hydrogen-bond donors (Lipinski definition) is 0. The van der Waals surface area contributed by atoms with Gasteiger partial charge in [0.05, 0.1) is 10.9 Å². The van der Waals surface area contributed by atoms with E-state index in [4.69, 9.17) is 11.6 Å². The van der Waals surface area contributed by atoms with Crippen LogP contribution in [0.1, 0.15) is 25.0 Å². The van der Waals surface area contributed by atoms with E-state index in [0.717, 1.165) is 6.07 Å². The van der Waals surface area contributed by atoms with E-state index >= 15 is 0 Å². The summed E-state index contributed by atoms with van der Waals surface area (Å²) in [6, 6.07) is 2.39. The Morgan fingerprint density at radius 1 is 1.48 bits per heavy atom. The minimum Gasteiger partial charge on any atom is -0.344 e. The lowest BCUT2D eigenvalue weighted by atomic mass is 10.3. The zero-order valence-corrected chi connectivity index (χ0v) is 12.8. The number of halogens is 3. The van der Waals surface area contributed by atoms with Gasteiger partial charge in [0.2, 0.25) is 5.91 Å². The molecule has 2 aromatic rings. The molecule has 1 heterocycles. The number of alkyl halides is 1. The molecule has 0 N–H and O–H groups in total. The number of amides is 1. The Morgan fingerprint density at radius 2 is 2.14 bits per heavy atom. The molecule has 0 aliphatic rings. The molecule has 114 valence electrons. The summed E-state index contributed by atoms with van der Waals surface area (Å²) in [6.45, 7) is 3.89. The first-order chi connectivity index (χ1) is 9.86. The summed E-state index contributed by atoms with van der Waals surface area (Å²) >= 11 is 6.04. The monoisotopic (exact) mass is 315 g/mol. The maximum Gasteiger partial charge on any atom is 0.242 e. The number of hydrogen-bond acceptors (Lipinski definition) is 2. The van der Waals surface area contributed by atoms with Crippen molar-refractivity contribution in [3.63, 3.8) is 0 Å². The Morgan fingerprint density at radius 3 is 2.71 bits per heavy atom. The molecule has 1 aromatic heterocycles. The van der Waals surface area contributed by atoms with E-state index in [1.165, 1.54) is 15.5 Å². The van der Waals surface area contributed by atoms with Gasteiger partial charge in [0.15, 0.2) is 11.6 Å². The van der Waals surface area contributed by atoms with Gasteiger partial charge in [-0.15, -0.1) is 11.6 Å². The molecule has 0 spiro atoms. The molecule has 0 aliphatic heterocycles. The molecule has 0 saturated carbocycles. The highest BCUT2D eigenvalue weighted by molar-refractivity contribution is 6.20. The fourth-order valence-electron chi connectivity index (χ4n) is 2.07. The standard InChI is InChI=1S/C14H16ClF2N3O/c1-4-19(3)11(21)7-20-13-10(18-14(20)8(2)15)6-5-9(16)12(13)17/h5-6,8H,4,7H2,1-3H3. The molecular weight excluding hydrogens is 300 g/mol. The van der Waals surface area contributed by atoms with Crippen LogP contribution < -0.4 is 0 Å². The number of aromatic nitrogens is 2. The minimum absolute atomic E-state index is 0.0321. The van der Waals surface area contributed by atoms with Crippen LogP contribution in [0.3, 0.4) is 0 Å². The molecule has 21 heavy (non-hydrogen) atoms. The first-order valence-electron chi connectivity index (χ1n) is 6.59. The third-order valence-corrected chi connectivity index (χ3v) is 3.57. The lowest BCUT2D eigenvalue weighted by Crippen LogP contribution is -2.30. The Bertz CT molecular complexity index is 684. The van der Waals surface area contributed by atoms with E-state index in [0.29, 0.717) is 12.4 Å². The molecule has 1 amide bonds. The fraction of sp³-hybridized carbons (Fsp3) is 0.429. The number of benzene rings is 1. The van der Waals surface area contributed by atoms with E-state index < -0.39 is 17.0 Å². The van der Waals surface area contributed by atoms with Gasteiger partial charge in [-0.05, 0) is 26.0 Å². The molecule has 1 unspecified atom stereocenters. The quantitative estimate of drug-likeness (QED) is 0.813. The number of carbonyl (C=O) groups excluding carboxylic acids is 1. The Balaban J connectivity index is 2.60. The lowest BCUT2D eigenvalue weighted by molar-refractivity contribution is -0.130. The van der Waals surface area contributed by atoms with Gasteiger partial charge in [0.25, 0.3) is 0 Å². The zero-order valence-electron chi connectivity index (χ0n) is 12.0. The van der Waals surface area contributed by atoms with Crippen LogP contribution in [0.25, 0.3) is 11.0 Å². The molecule has 0 bridgehead atoms. The summed E-state index contributed by atoms with van der Waals surface area (Å²) in [5, 5.41) is -0.528. The second kappa shape index (κ2) is 5.97. The maximum absolute atomic E-state index is 14.1. The number of rotatable bonds is 4. The van der Waals surface area contributed by atoms with E-state index in [9.17, 15) is 13.6 Å². The molecule has 4 nitrogen and oxygen atoms in total. The van der Waals surface area contributed by atoms with Crippen LogP contribution >= 0.6 is 11.6 Å². The summed E-state index contributed by atoms with van der Waals surface area (Å²) in [5.74, 6) is -1.88. The van der Waals surface area contributed by atoms with Crippen LogP contribution in [0.15, 0.2) is 12.1 Å². The van der Waals surface area contributed by atoms with Crippen LogP contribution in [0.4, 0.5) is 8.78 Å². The van der Waals surface area contributed by atoms with Crippen molar-refractivity contribution >= 4 is 28.5 Å². The van der Waals surface area contributed by atoms with Crippen LogP contribution in [-0.4, -0.2) is 34.0 Å². The van der Waals surface area contributed by atoms with Gasteiger partial charge in [-0.2, -0.15) is 0 Å². The molecule has 1 aromatic carbocycles. The maximum atomic E-state index is 14.1. The fourth-order valence-corrected chi connectivity index (χ4v) is 2.24.